The normalized spacial score (nSPS) is 22.9. The second kappa shape index (κ2) is 10.2. The summed E-state index contributed by atoms with van der Waals surface area (Å²) in [5, 5.41) is 9.07. The standard InChI is InChI=1S/C18H20N2O3S.C2HF3O2/c21-18(16-5-3-11-24-16)20-9-10-22-17-14(20)6-7-15(17)23-12-13-4-1-2-8-19-13;3-2(4,5)1(6)7/h1-5,8,11,14-15,17H,6-7,9-10,12H2;(H,6,7)/t14-,15-,17+;/m0./s1. The van der Waals surface area contributed by atoms with Crippen molar-refractivity contribution < 1.29 is 37.3 Å². The van der Waals surface area contributed by atoms with E-state index in [0.717, 1.165) is 23.4 Å². The lowest BCUT2D eigenvalue weighted by Gasteiger charge is -2.38. The van der Waals surface area contributed by atoms with Gasteiger partial charge < -0.3 is 19.5 Å². The van der Waals surface area contributed by atoms with E-state index >= 15 is 0 Å². The predicted molar refractivity (Wildman–Crippen MR) is 105 cm³/mol. The van der Waals surface area contributed by atoms with Crippen molar-refractivity contribution in [3.05, 3.63) is 52.5 Å². The van der Waals surface area contributed by atoms with Gasteiger partial charge in [0.2, 0.25) is 0 Å². The van der Waals surface area contributed by atoms with Gasteiger partial charge in [0, 0.05) is 12.7 Å². The number of nitrogens with zero attached hydrogens (tertiary/aromatic N) is 2. The number of amides is 1. The maximum Gasteiger partial charge on any atom is 0.490 e. The lowest BCUT2D eigenvalue weighted by Crippen LogP contribution is -2.53. The van der Waals surface area contributed by atoms with Crippen molar-refractivity contribution in [1.82, 2.24) is 9.88 Å². The number of carbonyl (C=O) groups excluding carboxylic acids is 1. The highest BCUT2D eigenvalue weighted by Crippen LogP contribution is 2.33. The number of carboxylic acids is 1. The fourth-order valence-electron chi connectivity index (χ4n) is 3.56. The van der Waals surface area contributed by atoms with Crippen molar-refractivity contribution in [1.29, 1.82) is 0 Å². The van der Waals surface area contributed by atoms with Gasteiger partial charge in [0.25, 0.3) is 5.91 Å². The van der Waals surface area contributed by atoms with E-state index in [4.69, 9.17) is 19.4 Å². The molecule has 4 rings (SSSR count). The zero-order valence-electron chi connectivity index (χ0n) is 16.3. The molecule has 3 atom stereocenters. The lowest BCUT2D eigenvalue weighted by atomic mass is 10.1. The van der Waals surface area contributed by atoms with Crippen molar-refractivity contribution >= 4 is 23.2 Å². The number of hydrogen-bond donors (Lipinski definition) is 1. The molecule has 7 nitrogen and oxygen atoms in total. The number of fused-ring (bicyclic) bond motifs is 1. The van der Waals surface area contributed by atoms with E-state index in [9.17, 15) is 18.0 Å². The fraction of sp³-hybridized carbons (Fsp3) is 0.450. The van der Waals surface area contributed by atoms with Crippen LogP contribution in [-0.4, -0.2) is 64.4 Å². The van der Waals surface area contributed by atoms with Crippen molar-refractivity contribution in [2.75, 3.05) is 13.2 Å². The summed E-state index contributed by atoms with van der Waals surface area (Å²) in [5.41, 5.74) is 0.920. The summed E-state index contributed by atoms with van der Waals surface area (Å²) in [5.74, 6) is -2.64. The Labute approximate surface area is 180 Å². The maximum atomic E-state index is 12.7. The molecule has 31 heavy (non-hydrogen) atoms. The van der Waals surface area contributed by atoms with Crippen molar-refractivity contribution in [3.63, 3.8) is 0 Å². The summed E-state index contributed by atoms with van der Waals surface area (Å²) in [6.07, 6.45) is -1.48. The average Bonchev–Trinajstić information content (AvgIpc) is 3.42. The zero-order chi connectivity index (χ0) is 22.4. The van der Waals surface area contributed by atoms with Crippen LogP contribution in [0.3, 0.4) is 0 Å². The van der Waals surface area contributed by atoms with Gasteiger partial charge in [-0.05, 0) is 36.4 Å². The number of rotatable bonds is 4. The molecule has 1 aliphatic heterocycles. The van der Waals surface area contributed by atoms with Gasteiger partial charge in [-0.25, -0.2) is 4.79 Å². The molecule has 0 bridgehead atoms. The molecule has 0 spiro atoms. The Hall–Kier alpha value is -2.50. The van der Waals surface area contributed by atoms with E-state index in [1.54, 1.807) is 6.20 Å². The van der Waals surface area contributed by atoms with Gasteiger partial charge in [-0.2, -0.15) is 13.2 Å². The Morgan fingerprint density at radius 2 is 2.03 bits per heavy atom. The molecule has 2 aromatic heterocycles. The lowest BCUT2D eigenvalue weighted by molar-refractivity contribution is -0.192. The van der Waals surface area contributed by atoms with Crippen LogP contribution >= 0.6 is 11.3 Å². The molecule has 168 valence electrons. The molecule has 1 N–H and O–H groups in total. The van der Waals surface area contributed by atoms with Crippen LogP contribution in [-0.2, 0) is 20.9 Å². The summed E-state index contributed by atoms with van der Waals surface area (Å²) >= 11 is 1.50. The molecule has 11 heteroatoms. The van der Waals surface area contributed by atoms with Gasteiger partial charge in [-0.1, -0.05) is 12.1 Å². The Bertz CT molecular complexity index is 863. The highest BCUT2D eigenvalue weighted by molar-refractivity contribution is 7.12. The smallest absolute Gasteiger partial charge is 0.475 e. The Morgan fingerprint density at radius 3 is 2.65 bits per heavy atom. The minimum atomic E-state index is -5.08. The number of pyridine rings is 1. The largest absolute Gasteiger partial charge is 0.490 e. The first-order chi connectivity index (χ1) is 14.8. The molecular formula is C20H21F3N2O5S. The molecule has 1 saturated heterocycles. The van der Waals surface area contributed by atoms with Gasteiger partial charge in [0.05, 0.1) is 35.9 Å². The van der Waals surface area contributed by atoms with Crippen LogP contribution in [0.2, 0.25) is 0 Å². The molecule has 2 aliphatic rings. The van der Waals surface area contributed by atoms with E-state index in [1.807, 2.05) is 40.6 Å². The summed E-state index contributed by atoms with van der Waals surface area (Å²) in [6, 6.07) is 9.74. The van der Waals surface area contributed by atoms with Crippen LogP contribution < -0.4 is 0 Å². The zero-order valence-corrected chi connectivity index (χ0v) is 17.1. The summed E-state index contributed by atoms with van der Waals surface area (Å²) < 4.78 is 43.8. The van der Waals surface area contributed by atoms with Gasteiger partial charge in [0.1, 0.15) is 6.10 Å². The third kappa shape index (κ3) is 6.02. The van der Waals surface area contributed by atoms with Crippen LogP contribution in [0.5, 0.6) is 0 Å². The van der Waals surface area contributed by atoms with E-state index in [1.165, 1.54) is 11.3 Å². The molecular weight excluding hydrogens is 437 g/mol. The van der Waals surface area contributed by atoms with Crippen LogP contribution in [0.15, 0.2) is 41.9 Å². The first-order valence-electron chi connectivity index (χ1n) is 9.55. The second-order valence-electron chi connectivity index (χ2n) is 6.93. The van der Waals surface area contributed by atoms with Crippen LogP contribution in [0.4, 0.5) is 13.2 Å². The van der Waals surface area contributed by atoms with Gasteiger partial charge in [0.15, 0.2) is 0 Å². The first kappa shape index (κ1) is 23.2. The molecule has 0 radical (unpaired) electrons. The number of alkyl halides is 3. The number of ether oxygens (including phenoxy) is 2. The summed E-state index contributed by atoms with van der Waals surface area (Å²) in [6.45, 7) is 1.71. The second-order valence-corrected chi connectivity index (χ2v) is 7.88. The van der Waals surface area contributed by atoms with E-state index in [0.29, 0.717) is 19.8 Å². The molecule has 0 unspecified atom stereocenters. The highest BCUT2D eigenvalue weighted by atomic mass is 32.1. The minimum Gasteiger partial charge on any atom is -0.475 e. The highest BCUT2D eigenvalue weighted by Gasteiger charge is 2.45. The van der Waals surface area contributed by atoms with Crippen molar-refractivity contribution in [2.45, 2.75) is 43.9 Å². The SMILES string of the molecule is O=C(O)C(F)(F)F.O=C(c1cccs1)N1CCO[C@H]2[C@@H](OCc3ccccn3)CC[C@@H]21. The minimum absolute atomic E-state index is 0.0240. The molecule has 3 heterocycles. The van der Waals surface area contributed by atoms with Crippen molar-refractivity contribution in [2.24, 2.45) is 0 Å². The number of carboxylic acid groups (broad SMARTS) is 1. The first-order valence-corrected chi connectivity index (χ1v) is 10.4. The van der Waals surface area contributed by atoms with E-state index in [-0.39, 0.29) is 24.2 Å². The number of morpholine rings is 1. The van der Waals surface area contributed by atoms with E-state index in [2.05, 4.69) is 4.98 Å². The monoisotopic (exact) mass is 458 g/mol. The number of halogens is 3. The average molecular weight is 458 g/mol. The maximum absolute atomic E-state index is 12.7. The van der Waals surface area contributed by atoms with E-state index < -0.39 is 12.1 Å². The van der Waals surface area contributed by atoms with Gasteiger partial charge in [-0.15, -0.1) is 11.3 Å². The number of hydrogen-bond acceptors (Lipinski definition) is 6. The third-order valence-electron chi connectivity index (χ3n) is 4.94. The van der Waals surface area contributed by atoms with Crippen molar-refractivity contribution in [3.8, 4) is 0 Å². The van der Waals surface area contributed by atoms with Gasteiger partial charge in [-0.3, -0.25) is 9.78 Å². The predicted octanol–water partition coefficient (Wildman–Crippen LogP) is 3.37. The fourth-order valence-corrected chi connectivity index (χ4v) is 4.24. The topological polar surface area (TPSA) is 89.0 Å². The number of carbonyl (C=O) groups is 2. The Morgan fingerprint density at radius 1 is 1.26 bits per heavy atom. The van der Waals surface area contributed by atoms with Crippen LogP contribution in [0, 0.1) is 0 Å². The van der Waals surface area contributed by atoms with Gasteiger partial charge >= 0.3 is 12.1 Å². The number of aromatic nitrogens is 1. The molecule has 1 aliphatic carbocycles. The molecule has 0 aromatic carbocycles. The van der Waals surface area contributed by atoms with Crippen LogP contribution in [0.25, 0.3) is 0 Å². The quantitative estimate of drug-likeness (QED) is 0.756. The number of aliphatic carboxylic acids is 1. The summed E-state index contributed by atoms with van der Waals surface area (Å²) in [4.78, 5) is 28.7. The molecule has 2 fully saturated rings. The Balaban J connectivity index is 0.000000339. The summed E-state index contributed by atoms with van der Waals surface area (Å²) in [7, 11) is 0. The molecule has 1 saturated carbocycles. The molecule has 2 aromatic rings. The Kier molecular flexibility index (Phi) is 7.63. The third-order valence-corrected chi connectivity index (χ3v) is 5.80. The molecule has 1 amide bonds. The van der Waals surface area contributed by atoms with Crippen LogP contribution in [0.1, 0.15) is 28.2 Å². The number of thiophene rings is 1.